The van der Waals surface area contributed by atoms with E-state index < -0.39 is 5.97 Å². The van der Waals surface area contributed by atoms with Crippen LogP contribution in [0.1, 0.15) is 45.1 Å². The van der Waals surface area contributed by atoms with Gasteiger partial charge in [0.05, 0.1) is 6.42 Å². The van der Waals surface area contributed by atoms with Gasteiger partial charge in [-0.3, -0.25) is 9.59 Å². The highest BCUT2D eigenvalue weighted by Crippen LogP contribution is 2.18. The largest absolute Gasteiger partial charge is 0.481 e. The molecular formula is C16H23NO3. The van der Waals surface area contributed by atoms with E-state index in [1.807, 2.05) is 31.2 Å². The molecule has 0 aromatic heterocycles. The van der Waals surface area contributed by atoms with Crippen molar-refractivity contribution >= 4 is 17.6 Å². The predicted octanol–water partition coefficient (Wildman–Crippen LogP) is 3.25. The number of carboxylic acids is 1. The molecule has 0 saturated carbocycles. The second-order valence-electron chi connectivity index (χ2n) is 4.81. The minimum atomic E-state index is -0.886. The van der Waals surface area contributed by atoms with Crippen molar-refractivity contribution < 1.29 is 14.7 Å². The standard InChI is InChI=1S/C16H23NO3/c1-3-5-6-15(18)17(12-11-16(19)20)14-9-7-13(4-2)8-10-14/h7-10H,3-6,11-12H2,1-2H3,(H,19,20). The second-order valence-corrected chi connectivity index (χ2v) is 4.81. The van der Waals surface area contributed by atoms with Gasteiger partial charge in [-0.25, -0.2) is 0 Å². The Morgan fingerprint density at radius 1 is 1.10 bits per heavy atom. The summed E-state index contributed by atoms with van der Waals surface area (Å²) in [5.74, 6) is -0.888. The van der Waals surface area contributed by atoms with Crippen molar-refractivity contribution in [2.24, 2.45) is 0 Å². The van der Waals surface area contributed by atoms with E-state index in [0.717, 1.165) is 24.9 Å². The molecule has 1 rings (SSSR count). The van der Waals surface area contributed by atoms with E-state index in [2.05, 4.69) is 6.92 Å². The molecule has 0 radical (unpaired) electrons. The lowest BCUT2D eigenvalue weighted by Gasteiger charge is -2.22. The van der Waals surface area contributed by atoms with Gasteiger partial charge >= 0.3 is 5.97 Å². The number of amides is 1. The second kappa shape index (κ2) is 8.35. The van der Waals surface area contributed by atoms with Crippen LogP contribution in [0.3, 0.4) is 0 Å². The van der Waals surface area contributed by atoms with Crippen LogP contribution in [0.2, 0.25) is 0 Å². The van der Waals surface area contributed by atoms with E-state index in [9.17, 15) is 9.59 Å². The van der Waals surface area contributed by atoms with Gasteiger partial charge in [-0.05, 0) is 30.5 Å². The summed E-state index contributed by atoms with van der Waals surface area (Å²) in [7, 11) is 0. The minimum Gasteiger partial charge on any atom is -0.481 e. The third kappa shape index (κ3) is 5.03. The highest BCUT2D eigenvalue weighted by atomic mass is 16.4. The van der Waals surface area contributed by atoms with Crippen molar-refractivity contribution in [2.45, 2.75) is 46.0 Å². The third-order valence-electron chi connectivity index (χ3n) is 3.25. The van der Waals surface area contributed by atoms with Crippen LogP contribution < -0.4 is 4.90 Å². The quantitative estimate of drug-likeness (QED) is 0.793. The number of rotatable bonds is 8. The van der Waals surface area contributed by atoms with Crippen LogP contribution in [0.15, 0.2) is 24.3 Å². The van der Waals surface area contributed by atoms with E-state index in [1.165, 1.54) is 5.56 Å². The van der Waals surface area contributed by atoms with Crippen LogP contribution in [0.4, 0.5) is 5.69 Å². The number of carbonyl (C=O) groups excluding carboxylic acids is 1. The van der Waals surface area contributed by atoms with Gasteiger partial charge in [0.25, 0.3) is 0 Å². The zero-order chi connectivity index (χ0) is 15.0. The van der Waals surface area contributed by atoms with E-state index in [1.54, 1.807) is 4.90 Å². The lowest BCUT2D eigenvalue weighted by atomic mass is 10.1. The zero-order valence-electron chi connectivity index (χ0n) is 12.3. The highest BCUT2D eigenvalue weighted by molar-refractivity contribution is 5.93. The van der Waals surface area contributed by atoms with Gasteiger partial charge in [0.2, 0.25) is 5.91 Å². The number of benzene rings is 1. The molecular weight excluding hydrogens is 254 g/mol. The first-order chi connectivity index (χ1) is 9.58. The van der Waals surface area contributed by atoms with E-state index in [-0.39, 0.29) is 18.9 Å². The maximum Gasteiger partial charge on any atom is 0.305 e. The minimum absolute atomic E-state index is 0.00246. The van der Waals surface area contributed by atoms with Crippen molar-refractivity contribution in [3.05, 3.63) is 29.8 Å². The Kier molecular flexibility index (Phi) is 6.77. The molecule has 0 heterocycles. The zero-order valence-corrected chi connectivity index (χ0v) is 12.3. The van der Waals surface area contributed by atoms with Crippen molar-refractivity contribution in [1.82, 2.24) is 0 Å². The van der Waals surface area contributed by atoms with E-state index in [4.69, 9.17) is 5.11 Å². The van der Waals surface area contributed by atoms with Crippen molar-refractivity contribution in [3.8, 4) is 0 Å². The predicted molar refractivity (Wildman–Crippen MR) is 80.0 cm³/mol. The topological polar surface area (TPSA) is 57.6 Å². The molecule has 0 aliphatic carbocycles. The Morgan fingerprint density at radius 3 is 2.25 bits per heavy atom. The summed E-state index contributed by atoms with van der Waals surface area (Å²) in [4.78, 5) is 24.5. The number of anilines is 1. The molecule has 110 valence electrons. The van der Waals surface area contributed by atoms with Gasteiger partial charge in [-0.2, -0.15) is 0 Å². The van der Waals surface area contributed by atoms with E-state index >= 15 is 0 Å². The Labute approximate surface area is 120 Å². The summed E-state index contributed by atoms with van der Waals surface area (Å²) in [6, 6.07) is 7.75. The van der Waals surface area contributed by atoms with Crippen LogP contribution in [0.25, 0.3) is 0 Å². The van der Waals surface area contributed by atoms with Gasteiger partial charge in [-0.1, -0.05) is 32.4 Å². The molecule has 0 saturated heterocycles. The molecule has 0 bridgehead atoms. The van der Waals surface area contributed by atoms with Gasteiger partial charge in [-0.15, -0.1) is 0 Å². The number of aliphatic carboxylic acids is 1. The number of aryl methyl sites for hydroxylation is 1. The van der Waals surface area contributed by atoms with E-state index in [0.29, 0.717) is 6.42 Å². The van der Waals surface area contributed by atoms with Gasteiger partial charge < -0.3 is 10.0 Å². The maximum absolute atomic E-state index is 12.2. The van der Waals surface area contributed by atoms with Crippen molar-refractivity contribution in [1.29, 1.82) is 0 Å². The Morgan fingerprint density at radius 2 is 1.75 bits per heavy atom. The number of carboxylic acid groups (broad SMARTS) is 1. The Balaban J connectivity index is 2.83. The molecule has 1 aromatic carbocycles. The number of hydrogen-bond acceptors (Lipinski definition) is 2. The fraction of sp³-hybridized carbons (Fsp3) is 0.500. The fourth-order valence-corrected chi connectivity index (χ4v) is 1.98. The fourth-order valence-electron chi connectivity index (χ4n) is 1.98. The van der Waals surface area contributed by atoms with Crippen molar-refractivity contribution in [2.75, 3.05) is 11.4 Å². The van der Waals surface area contributed by atoms with Crippen LogP contribution in [0, 0.1) is 0 Å². The van der Waals surface area contributed by atoms with Gasteiger partial charge in [0.1, 0.15) is 0 Å². The summed E-state index contributed by atoms with van der Waals surface area (Å²) in [5, 5.41) is 8.81. The Hall–Kier alpha value is -1.84. The molecule has 4 nitrogen and oxygen atoms in total. The summed E-state index contributed by atoms with van der Waals surface area (Å²) in [6.07, 6.45) is 3.15. The molecule has 0 aliphatic heterocycles. The SMILES string of the molecule is CCCCC(=O)N(CCC(=O)O)c1ccc(CC)cc1. The molecule has 1 aromatic rings. The van der Waals surface area contributed by atoms with Crippen molar-refractivity contribution in [3.63, 3.8) is 0 Å². The number of unbranched alkanes of at least 4 members (excludes halogenated alkanes) is 1. The number of carbonyl (C=O) groups is 2. The van der Waals surface area contributed by atoms with Crippen LogP contribution in [-0.2, 0) is 16.0 Å². The summed E-state index contributed by atoms with van der Waals surface area (Å²) >= 11 is 0. The third-order valence-corrected chi connectivity index (χ3v) is 3.25. The smallest absolute Gasteiger partial charge is 0.305 e. The molecule has 4 heteroatoms. The molecule has 0 atom stereocenters. The maximum atomic E-state index is 12.2. The molecule has 0 spiro atoms. The lowest BCUT2D eigenvalue weighted by molar-refractivity contribution is -0.136. The summed E-state index contributed by atoms with van der Waals surface area (Å²) < 4.78 is 0. The Bertz CT molecular complexity index is 440. The molecule has 0 unspecified atom stereocenters. The average Bonchev–Trinajstić information content (AvgIpc) is 2.45. The van der Waals surface area contributed by atoms with Crippen LogP contribution >= 0.6 is 0 Å². The molecule has 0 aliphatic rings. The number of hydrogen-bond donors (Lipinski definition) is 1. The van der Waals surface area contributed by atoms with Crippen LogP contribution in [0.5, 0.6) is 0 Å². The van der Waals surface area contributed by atoms with Gasteiger partial charge in [0, 0.05) is 18.7 Å². The first-order valence-corrected chi connectivity index (χ1v) is 7.19. The molecule has 1 amide bonds. The highest BCUT2D eigenvalue weighted by Gasteiger charge is 2.16. The first kappa shape index (κ1) is 16.2. The van der Waals surface area contributed by atoms with Gasteiger partial charge in [0.15, 0.2) is 0 Å². The molecule has 0 fully saturated rings. The lowest BCUT2D eigenvalue weighted by Crippen LogP contribution is -2.32. The normalized spacial score (nSPS) is 10.3. The monoisotopic (exact) mass is 277 g/mol. The molecule has 1 N–H and O–H groups in total. The first-order valence-electron chi connectivity index (χ1n) is 7.19. The summed E-state index contributed by atoms with van der Waals surface area (Å²) in [6.45, 7) is 4.33. The van der Waals surface area contributed by atoms with Crippen LogP contribution in [-0.4, -0.2) is 23.5 Å². The average molecular weight is 277 g/mol. The number of nitrogens with zero attached hydrogens (tertiary/aromatic N) is 1. The summed E-state index contributed by atoms with van der Waals surface area (Å²) in [5.41, 5.74) is 1.98. The molecule has 20 heavy (non-hydrogen) atoms.